The molecule has 0 aromatic heterocycles. The summed E-state index contributed by atoms with van der Waals surface area (Å²) in [5, 5.41) is 15.8. The van der Waals surface area contributed by atoms with Crippen LogP contribution in [-0.4, -0.2) is 77.4 Å². The Morgan fingerprint density at radius 1 is 1.15 bits per heavy atom. The van der Waals surface area contributed by atoms with Gasteiger partial charge in [-0.05, 0) is 43.4 Å². The van der Waals surface area contributed by atoms with E-state index in [-0.39, 0.29) is 35.9 Å². The highest BCUT2D eigenvalue weighted by molar-refractivity contribution is 7.96. The fourth-order valence-corrected chi connectivity index (χ4v) is 7.82. The van der Waals surface area contributed by atoms with E-state index in [0.29, 0.717) is 31.7 Å². The highest BCUT2D eigenvalue weighted by atomic mass is 32.2. The number of hydrogen-bond donors (Lipinski definition) is 3. The highest BCUT2D eigenvalue weighted by Crippen LogP contribution is 2.44. The number of carbonyl (C=O) groups is 2. The maximum Gasteiger partial charge on any atom is 0.421 e. The molecule has 0 radical (unpaired) electrons. The summed E-state index contributed by atoms with van der Waals surface area (Å²) in [5.74, 6) is -0.416. The maximum atomic E-state index is 13.7. The quantitative estimate of drug-likeness (QED) is 0.340. The Labute approximate surface area is 235 Å². The lowest BCUT2D eigenvalue weighted by atomic mass is 9.74. The fraction of sp³-hybridized carbons (Fsp3) is 0.500. The van der Waals surface area contributed by atoms with Gasteiger partial charge in [0.1, 0.15) is 5.54 Å². The second-order valence-electron chi connectivity index (χ2n) is 10.8. The van der Waals surface area contributed by atoms with Crippen LogP contribution in [0, 0.1) is 0 Å². The maximum absolute atomic E-state index is 13.7. The van der Waals surface area contributed by atoms with Gasteiger partial charge in [0, 0.05) is 37.5 Å². The molecule has 1 aromatic carbocycles. The number of carbonyl (C=O) groups excluding carboxylic acids is 2. The van der Waals surface area contributed by atoms with Crippen molar-refractivity contribution in [3.63, 3.8) is 0 Å². The van der Waals surface area contributed by atoms with Crippen LogP contribution in [0.4, 0.5) is 18.0 Å². The Morgan fingerprint density at radius 3 is 2.40 bits per heavy atom. The molecule has 2 saturated heterocycles. The van der Waals surface area contributed by atoms with E-state index in [1.54, 1.807) is 12.2 Å². The van der Waals surface area contributed by atoms with Crippen molar-refractivity contribution in [2.45, 2.75) is 55.5 Å². The fourth-order valence-electron chi connectivity index (χ4n) is 5.72. The first-order valence-corrected chi connectivity index (χ1v) is 14.7. The molecule has 1 saturated carbocycles. The van der Waals surface area contributed by atoms with Gasteiger partial charge in [0.05, 0.1) is 10.4 Å². The SMILES string of the molecule is CC(O)(c1ccc([C@]2(CN3C(=O)NC(=O)C34CCC4)CN(S(=O)(=O)C3=CC=CCC3=S)CCN2)cc1)C(F)(F)F. The Hall–Kier alpha value is -2.65. The van der Waals surface area contributed by atoms with E-state index in [1.807, 2.05) is 0 Å². The number of urea groups is 1. The molecule has 2 heterocycles. The molecule has 40 heavy (non-hydrogen) atoms. The predicted octanol–water partition coefficient (Wildman–Crippen LogP) is 2.57. The van der Waals surface area contributed by atoms with E-state index in [9.17, 15) is 36.3 Å². The largest absolute Gasteiger partial charge is 0.421 e. The van der Waals surface area contributed by atoms with Gasteiger partial charge in [-0.25, -0.2) is 13.2 Å². The van der Waals surface area contributed by atoms with Crippen LogP contribution in [0.2, 0.25) is 0 Å². The number of imide groups is 1. The summed E-state index contributed by atoms with van der Waals surface area (Å²) in [6, 6.07) is 4.43. The van der Waals surface area contributed by atoms with Crippen LogP contribution in [0.25, 0.3) is 0 Å². The van der Waals surface area contributed by atoms with Gasteiger partial charge < -0.3 is 15.3 Å². The smallest absolute Gasteiger partial charge is 0.376 e. The Balaban J connectivity index is 1.56. The Kier molecular flexibility index (Phi) is 7.02. The molecule has 2 aliphatic carbocycles. The first-order valence-electron chi connectivity index (χ1n) is 12.8. The summed E-state index contributed by atoms with van der Waals surface area (Å²) in [6.45, 7) is 0.607. The lowest BCUT2D eigenvalue weighted by Crippen LogP contribution is -2.67. The number of benzene rings is 1. The zero-order valence-corrected chi connectivity index (χ0v) is 23.3. The van der Waals surface area contributed by atoms with Gasteiger partial charge in [-0.15, -0.1) is 0 Å². The van der Waals surface area contributed by atoms with Crippen LogP contribution in [-0.2, 0) is 26.0 Å². The minimum Gasteiger partial charge on any atom is -0.376 e. The monoisotopic (exact) mass is 598 g/mol. The zero-order valence-electron chi connectivity index (χ0n) is 21.6. The number of thiocarbonyl (C=S) groups is 1. The van der Waals surface area contributed by atoms with Crippen LogP contribution in [0.5, 0.6) is 0 Å². The van der Waals surface area contributed by atoms with Crippen molar-refractivity contribution in [1.82, 2.24) is 19.8 Å². The molecule has 1 unspecified atom stereocenters. The van der Waals surface area contributed by atoms with Crippen molar-refractivity contribution < 1.29 is 36.3 Å². The molecule has 0 bridgehead atoms. The number of allylic oxidation sites excluding steroid dienone is 4. The molecule has 3 amide bonds. The first-order chi connectivity index (χ1) is 18.6. The van der Waals surface area contributed by atoms with E-state index >= 15 is 0 Å². The molecule has 4 aliphatic rings. The average Bonchev–Trinajstić information content (AvgIpc) is 3.12. The molecule has 5 rings (SSSR count). The van der Waals surface area contributed by atoms with Crippen molar-refractivity contribution in [3.8, 4) is 0 Å². The number of alkyl halides is 3. The minimum atomic E-state index is -4.93. The second kappa shape index (κ2) is 9.72. The van der Waals surface area contributed by atoms with Crippen LogP contribution in [0.1, 0.15) is 43.7 Å². The second-order valence-corrected chi connectivity index (χ2v) is 13.2. The van der Waals surface area contributed by atoms with Crippen LogP contribution in [0.15, 0.2) is 47.4 Å². The van der Waals surface area contributed by atoms with Crippen LogP contribution < -0.4 is 10.6 Å². The van der Waals surface area contributed by atoms with Gasteiger partial charge >= 0.3 is 12.2 Å². The van der Waals surface area contributed by atoms with E-state index < -0.39 is 50.4 Å². The number of hydrogen-bond acceptors (Lipinski definition) is 7. The lowest BCUT2D eigenvalue weighted by molar-refractivity contribution is -0.258. The lowest BCUT2D eigenvalue weighted by Gasteiger charge is -2.50. The molecule has 2 aliphatic heterocycles. The van der Waals surface area contributed by atoms with Crippen LogP contribution >= 0.6 is 12.2 Å². The van der Waals surface area contributed by atoms with Gasteiger partial charge in [0.15, 0.2) is 5.60 Å². The Morgan fingerprint density at radius 2 is 1.82 bits per heavy atom. The molecule has 1 aromatic rings. The number of piperazine rings is 1. The van der Waals surface area contributed by atoms with Crippen molar-refractivity contribution >= 4 is 39.0 Å². The van der Waals surface area contributed by atoms with E-state index in [1.165, 1.54) is 27.4 Å². The summed E-state index contributed by atoms with van der Waals surface area (Å²) in [7, 11) is -4.06. The van der Waals surface area contributed by atoms with E-state index in [2.05, 4.69) is 10.6 Å². The highest BCUT2D eigenvalue weighted by Gasteiger charge is 2.59. The van der Waals surface area contributed by atoms with Crippen LogP contribution in [0.3, 0.4) is 0 Å². The molecule has 2 atom stereocenters. The number of nitrogens with zero attached hydrogens (tertiary/aromatic N) is 2. The van der Waals surface area contributed by atoms with E-state index in [0.717, 1.165) is 18.6 Å². The molecular formula is C26H29F3N4O5S2. The van der Waals surface area contributed by atoms with Crippen molar-refractivity contribution in [2.24, 2.45) is 0 Å². The molecule has 9 nitrogen and oxygen atoms in total. The molecule has 216 valence electrons. The third kappa shape index (κ3) is 4.49. The number of halogens is 3. The number of rotatable bonds is 6. The normalized spacial score (nSPS) is 26.9. The third-order valence-corrected chi connectivity index (χ3v) is 10.9. The van der Waals surface area contributed by atoms with Gasteiger partial charge in [-0.2, -0.15) is 17.5 Å². The number of nitrogens with one attached hydrogen (secondary N) is 2. The topological polar surface area (TPSA) is 119 Å². The number of aliphatic hydroxyl groups is 1. The van der Waals surface area contributed by atoms with Crippen molar-refractivity contribution in [1.29, 1.82) is 0 Å². The van der Waals surface area contributed by atoms with Crippen molar-refractivity contribution in [2.75, 3.05) is 26.2 Å². The zero-order chi connectivity index (χ0) is 29.1. The summed E-state index contributed by atoms with van der Waals surface area (Å²) >= 11 is 5.32. The summed E-state index contributed by atoms with van der Waals surface area (Å²) in [5.41, 5.74) is -5.44. The summed E-state index contributed by atoms with van der Waals surface area (Å²) < 4.78 is 69.1. The van der Waals surface area contributed by atoms with Gasteiger partial charge in [0.25, 0.3) is 5.91 Å². The molecule has 1 spiro atoms. The molecule has 3 fully saturated rings. The number of amides is 3. The number of sulfonamides is 1. The molecule has 3 N–H and O–H groups in total. The van der Waals surface area contributed by atoms with Gasteiger partial charge in [-0.3, -0.25) is 10.1 Å². The third-order valence-electron chi connectivity index (χ3n) is 8.42. The average molecular weight is 599 g/mol. The molecule has 14 heteroatoms. The summed E-state index contributed by atoms with van der Waals surface area (Å²) in [6.07, 6.45) is 1.81. The predicted molar refractivity (Wildman–Crippen MR) is 144 cm³/mol. The van der Waals surface area contributed by atoms with Crippen molar-refractivity contribution in [3.05, 3.63) is 58.5 Å². The van der Waals surface area contributed by atoms with E-state index in [4.69, 9.17) is 12.2 Å². The van der Waals surface area contributed by atoms with Gasteiger partial charge in [0.2, 0.25) is 10.0 Å². The first kappa shape index (κ1) is 28.9. The Bertz CT molecular complexity index is 1420. The summed E-state index contributed by atoms with van der Waals surface area (Å²) in [4.78, 5) is 27.4. The minimum absolute atomic E-state index is 0.00179. The standard InChI is InChI=1S/C26H29F3N4O5S2/c1-23(36,26(27,28)29)17-7-9-18(10-8-17)24(16-33-22(35)31-21(34)25(33)11-4-12-25)15-32(14-13-30-24)40(37,38)20-6-3-2-5-19(20)39/h2-3,6-10,30,36H,4-5,11-16H2,1H3,(H,31,34,35)/t23?,24-/m1/s1. The molecular weight excluding hydrogens is 569 g/mol. The van der Waals surface area contributed by atoms with Gasteiger partial charge in [-0.1, -0.05) is 48.6 Å².